The van der Waals surface area contributed by atoms with E-state index in [2.05, 4.69) is 26.1 Å². The van der Waals surface area contributed by atoms with Crippen LogP contribution in [0.5, 0.6) is 0 Å². The fourth-order valence-corrected chi connectivity index (χ4v) is 1.39. The third-order valence-corrected chi connectivity index (χ3v) is 2.33. The average molecular weight is 261 g/mol. The second-order valence-electron chi connectivity index (χ2n) is 4.45. The predicted molar refractivity (Wildman–Crippen MR) is 67.9 cm³/mol. The molecule has 100 valence electrons. The first-order valence-corrected chi connectivity index (χ1v) is 5.93. The molecule has 0 spiro atoms. The summed E-state index contributed by atoms with van der Waals surface area (Å²) in [5, 5.41) is 13.6. The van der Waals surface area contributed by atoms with Crippen LogP contribution in [0, 0.1) is 5.92 Å². The Morgan fingerprint density at radius 2 is 2.11 bits per heavy atom. The van der Waals surface area contributed by atoms with Crippen LogP contribution in [0.4, 0.5) is 0 Å². The molecule has 0 radical (unpaired) electrons. The molecule has 0 bridgehead atoms. The molecular formula is C12H15N5O2. The molecule has 0 unspecified atom stereocenters. The molecule has 1 aromatic carbocycles. The van der Waals surface area contributed by atoms with E-state index in [4.69, 9.17) is 4.84 Å². The molecule has 0 atom stereocenters. The highest BCUT2D eigenvalue weighted by Crippen LogP contribution is 2.13. The van der Waals surface area contributed by atoms with E-state index in [1.165, 1.54) is 0 Å². The molecule has 2 aromatic rings. The third kappa shape index (κ3) is 3.59. The van der Waals surface area contributed by atoms with E-state index >= 15 is 0 Å². The molecule has 7 nitrogen and oxygen atoms in total. The number of hydrogen-bond acceptors (Lipinski definition) is 5. The summed E-state index contributed by atoms with van der Waals surface area (Å²) in [4.78, 5) is 16.8. The Balaban J connectivity index is 1.96. The molecule has 0 aliphatic carbocycles. The minimum Gasteiger partial charge on any atom is -0.273 e. The molecule has 0 saturated carbocycles. The highest BCUT2D eigenvalue weighted by molar-refractivity contribution is 5.93. The molecule has 7 heteroatoms. The Kier molecular flexibility index (Phi) is 4.19. The number of aromatic amines is 1. The van der Waals surface area contributed by atoms with E-state index in [1.807, 2.05) is 13.8 Å². The lowest BCUT2D eigenvalue weighted by molar-refractivity contribution is 0.0208. The van der Waals surface area contributed by atoms with Crippen LogP contribution in [-0.4, -0.2) is 33.1 Å². The number of H-pyrrole nitrogens is 1. The van der Waals surface area contributed by atoms with Gasteiger partial charge in [0.1, 0.15) is 0 Å². The summed E-state index contributed by atoms with van der Waals surface area (Å²) in [6, 6.07) is 6.87. The Bertz CT molecular complexity index is 522. The fraction of sp³-hybridized carbons (Fsp3) is 0.333. The molecule has 1 heterocycles. The van der Waals surface area contributed by atoms with Gasteiger partial charge in [-0.2, -0.15) is 5.21 Å². The van der Waals surface area contributed by atoms with Gasteiger partial charge >= 0.3 is 0 Å². The van der Waals surface area contributed by atoms with Crippen molar-refractivity contribution in [3.05, 3.63) is 29.8 Å². The van der Waals surface area contributed by atoms with E-state index in [0.717, 1.165) is 5.56 Å². The first-order valence-electron chi connectivity index (χ1n) is 5.93. The van der Waals surface area contributed by atoms with E-state index in [-0.39, 0.29) is 5.91 Å². The summed E-state index contributed by atoms with van der Waals surface area (Å²) in [7, 11) is 0. The van der Waals surface area contributed by atoms with Crippen LogP contribution >= 0.6 is 0 Å². The smallest absolute Gasteiger partial charge is 0.273 e. The van der Waals surface area contributed by atoms with Crippen molar-refractivity contribution in [2.24, 2.45) is 5.92 Å². The Morgan fingerprint density at radius 1 is 1.37 bits per heavy atom. The summed E-state index contributed by atoms with van der Waals surface area (Å²) in [5.74, 6) is 0.573. The number of rotatable bonds is 5. The van der Waals surface area contributed by atoms with Crippen LogP contribution in [0.1, 0.15) is 24.2 Å². The molecule has 19 heavy (non-hydrogen) atoms. The SMILES string of the molecule is CC(C)CONC(=O)c1ccc(-c2nn[nH]n2)cc1. The zero-order valence-corrected chi connectivity index (χ0v) is 10.8. The van der Waals surface area contributed by atoms with Crippen molar-refractivity contribution in [3.63, 3.8) is 0 Å². The third-order valence-electron chi connectivity index (χ3n) is 2.33. The van der Waals surface area contributed by atoms with Crippen molar-refractivity contribution in [2.75, 3.05) is 6.61 Å². The van der Waals surface area contributed by atoms with E-state index in [9.17, 15) is 4.79 Å². The molecule has 0 fully saturated rings. The van der Waals surface area contributed by atoms with Crippen LogP contribution < -0.4 is 5.48 Å². The number of carbonyl (C=O) groups is 1. The highest BCUT2D eigenvalue weighted by atomic mass is 16.6. The molecule has 1 aromatic heterocycles. The zero-order chi connectivity index (χ0) is 13.7. The van der Waals surface area contributed by atoms with E-state index < -0.39 is 0 Å². The van der Waals surface area contributed by atoms with Crippen LogP contribution in [0.15, 0.2) is 24.3 Å². The number of tetrazole rings is 1. The van der Waals surface area contributed by atoms with Gasteiger partial charge in [-0.05, 0) is 23.3 Å². The quantitative estimate of drug-likeness (QED) is 0.788. The monoisotopic (exact) mass is 261 g/mol. The standard InChI is InChI=1S/C12H15N5O2/c1-8(2)7-19-15-12(18)10-5-3-9(4-6-10)11-13-16-17-14-11/h3-6,8H,7H2,1-2H3,(H,15,18)(H,13,14,16,17). The number of benzene rings is 1. The van der Waals surface area contributed by atoms with Crippen LogP contribution in [-0.2, 0) is 4.84 Å². The normalized spacial score (nSPS) is 10.7. The van der Waals surface area contributed by atoms with Gasteiger partial charge in [0.05, 0.1) is 6.61 Å². The van der Waals surface area contributed by atoms with Gasteiger partial charge in [0, 0.05) is 11.1 Å². The van der Waals surface area contributed by atoms with E-state index in [0.29, 0.717) is 23.9 Å². The first kappa shape index (κ1) is 13.2. The van der Waals surface area contributed by atoms with Crippen molar-refractivity contribution >= 4 is 5.91 Å². The van der Waals surface area contributed by atoms with Crippen molar-refractivity contribution in [1.29, 1.82) is 0 Å². The summed E-state index contributed by atoms with van der Waals surface area (Å²) in [5.41, 5.74) is 3.69. The number of hydrogen-bond donors (Lipinski definition) is 2. The number of hydroxylamine groups is 1. The maximum absolute atomic E-state index is 11.7. The van der Waals surface area contributed by atoms with Gasteiger partial charge in [0.2, 0.25) is 5.82 Å². The van der Waals surface area contributed by atoms with Gasteiger partial charge in [-0.1, -0.05) is 26.0 Å². The Hall–Kier alpha value is -2.28. The number of aromatic nitrogens is 4. The van der Waals surface area contributed by atoms with Crippen molar-refractivity contribution in [2.45, 2.75) is 13.8 Å². The molecule has 0 aliphatic rings. The van der Waals surface area contributed by atoms with Crippen LogP contribution in [0.25, 0.3) is 11.4 Å². The number of nitrogens with zero attached hydrogens (tertiary/aromatic N) is 3. The van der Waals surface area contributed by atoms with Crippen LogP contribution in [0.3, 0.4) is 0 Å². The van der Waals surface area contributed by atoms with Gasteiger partial charge in [-0.15, -0.1) is 10.2 Å². The summed E-state index contributed by atoms with van der Waals surface area (Å²) < 4.78 is 0. The lowest BCUT2D eigenvalue weighted by atomic mass is 10.1. The van der Waals surface area contributed by atoms with E-state index in [1.54, 1.807) is 24.3 Å². The largest absolute Gasteiger partial charge is 0.274 e. The van der Waals surface area contributed by atoms with Crippen molar-refractivity contribution < 1.29 is 9.63 Å². The summed E-state index contributed by atoms with van der Waals surface area (Å²) in [6.07, 6.45) is 0. The topological polar surface area (TPSA) is 92.8 Å². The lowest BCUT2D eigenvalue weighted by Gasteiger charge is -2.07. The second kappa shape index (κ2) is 6.05. The van der Waals surface area contributed by atoms with Gasteiger partial charge < -0.3 is 0 Å². The average Bonchev–Trinajstić information content (AvgIpc) is 2.92. The van der Waals surface area contributed by atoms with Gasteiger partial charge in [0.15, 0.2) is 0 Å². The van der Waals surface area contributed by atoms with Gasteiger partial charge in [0.25, 0.3) is 5.91 Å². The number of amides is 1. The molecule has 0 aliphatic heterocycles. The Labute approximate surface area is 110 Å². The summed E-state index contributed by atoms with van der Waals surface area (Å²) >= 11 is 0. The van der Waals surface area contributed by atoms with Gasteiger partial charge in [-0.25, -0.2) is 5.48 Å². The molecule has 2 N–H and O–H groups in total. The molecule has 2 rings (SSSR count). The fourth-order valence-electron chi connectivity index (χ4n) is 1.39. The molecule has 0 saturated heterocycles. The predicted octanol–water partition coefficient (Wildman–Crippen LogP) is 1.18. The first-order chi connectivity index (χ1) is 9.16. The minimum atomic E-state index is -0.277. The van der Waals surface area contributed by atoms with Gasteiger partial charge in [-0.3, -0.25) is 9.63 Å². The zero-order valence-electron chi connectivity index (χ0n) is 10.8. The minimum absolute atomic E-state index is 0.277. The second-order valence-corrected chi connectivity index (χ2v) is 4.45. The maximum Gasteiger partial charge on any atom is 0.274 e. The highest BCUT2D eigenvalue weighted by Gasteiger charge is 2.08. The van der Waals surface area contributed by atoms with Crippen LogP contribution in [0.2, 0.25) is 0 Å². The van der Waals surface area contributed by atoms with Crippen molar-refractivity contribution in [1.82, 2.24) is 26.1 Å². The summed E-state index contributed by atoms with van der Waals surface area (Å²) in [6.45, 7) is 4.49. The Morgan fingerprint density at radius 3 is 2.68 bits per heavy atom. The molecular weight excluding hydrogens is 246 g/mol. The molecule has 1 amide bonds. The number of nitrogens with one attached hydrogen (secondary N) is 2. The van der Waals surface area contributed by atoms with Crippen molar-refractivity contribution in [3.8, 4) is 11.4 Å². The maximum atomic E-state index is 11.7. The number of carbonyl (C=O) groups excluding carboxylic acids is 1. The lowest BCUT2D eigenvalue weighted by Crippen LogP contribution is -2.25.